The maximum atomic E-state index is 13.2. The molecule has 1 aliphatic carbocycles. The Hall–Kier alpha value is -3.81. The topological polar surface area (TPSA) is 94.2 Å². The van der Waals surface area contributed by atoms with Gasteiger partial charge in [-0.25, -0.2) is 0 Å². The number of amides is 2. The number of hydrogen-bond donors (Lipinski definition) is 1. The van der Waals surface area contributed by atoms with Crippen LogP contribution >= 0.6 is 0 Å². The summed E-state index contributed by atoms with van der Waals surface area (Å²) in [6.07, 6.45) is 5.93. The quantitative estimate of drug-likeness (QED) is 0.462. The smallest absolute Gasteiger partial charge is 0.307 e. The highest BCUT2D eigenvalue weighted by Crippen LogP contribution is 2.39. The van der Waals surface area contributed by atoms with Gasteiger partial charge in [-0.15, -0.1) is 0 Å². The monoisotopic (exact) mass is 478 g/mol. The summed E-state index contributed by atoms with van der Waals surface area (Å²) in [6, 6.07) is 10.6. The first kappa shape index (κ1) is 24.3. The molecule has 0 spiro atoms. The van der Waals surface area contributed by atoms with Gasteiger partial charge in [0.1, 0.15) is 0 Å². The summed E-state index contributed by atoms with van der Waals surface area (Å²) in [7, 11) is 4.46. The zero-order valence-electron chi connectivity index (χ0n) is 20.2. The largest absolute Gasteiger partial charge is 0.493 e. The van der Waals surface area contributed by atoms with Crippen LogP contribution in [0, 0.1) is 0 Å². The van der Waals surface area contributed by atoms with Crippen LogP contribution in [-0.2, 0) is 20.7 Å². The average molecular weight is 479 g/mol. The lowest BCUT2D eigenvalue weighted by molar-refractivity contribution is -0.143. The van der Waals surface area contributed by atoms with Crippen molar-refractivity contribution in [2.75, 3.05) is 27.9 Å². The Balaban J connectivity index is 1.53. The Kier molecular flexibility index (Phi) is 7.39. The van der Waals surface area contributed by atoms with Gasteiger partial charge in [0.25, 0.3) is 5.91 Å². The summed E-state index contributed by atoms with van der Waals surface area (Å²) >= 11 is 0. The SMILES string of the molecule is COC(=O)CC1c2cc(OC)c(OC)cc2CCN1C(=O)/C=C/c1ccc(C(=O)NC2CC2)cc1. The third-order valence-corrected chi connectivity index (χ3v) is 6.38. The van der Waals surface area contributed by atoms with Crippen molar-refractivity contribution in [3.05, 3.63) is 64.7 Å². The summed E-state index contributed by atoms with van der Waals surface area (Å²) in [6.45, 7) is 0.452. The molecule has 0 radical (unpaired) electrons. The summed E-state index contributed by atoms with van der Waals surface area (Å²) in [5, 5.41) is 2.96. The highest BCUT2D eigenvalue weighted by Gasteiger charge is 2.33. The lowest BCUT2D eigenvalue weighted by atomic mass is 9.90. The van der Waals surface area contributed by atoms with Crippen LogP contribution in [0.15, 0.2) is 42.5 Å². The van der Waals surface area contributed by atoms with E-state index in [0.717, 1.165) is 29.5 Å². The van der Waals surface area contributed by atoms with Crippen LogP contribution < -0.4 is 14.8 Å². The molecule has 1 saturated carbocycles. The molecule has 2 aliphatic rings. The molecule has 2 aromatic rings. The van der Waals surface area contributed by atoms with E-state index >= 15 is 0 Å². The fraction of sp³-hybridized carbons (Fsp3) is 0.370. The van der Waals surface area contributed by atoms with E-state index in [1.807, 2.05) is 12.1 Å². The normalized spacial score (nSPS) is 17.0. The van der Waals surface area contributed by atoms with Gasteiger partial charge in [-0.1, -0.05) is 12.1 Å². The highest BCUT2D eigenvalue weighted by atomic mass is 16.5. The minimum Gasteiger partial charge on any atom is -0.493 e. The molecular formula is C27H30N2O6. The van der Waals surface area contributed by atoms with Crippen LogP contribution in [0.2, 0.25) is 0 Å². The molecule has 0 saturated heterocycles. The van der Waals surface area contributed by atoms with Gasteiger partial charge in [-0.2, -0.15) is 0 Å². The maximum absolute atomic E-state index is 13.2. The summed E-state index contributed by atoms with van der Waals surface area (Å²) < 4.78 is 15.8. The molecule has 1 heterocycles. The van der Waals surface area contributed by atoms with Crippen LogP contribution in [0.5, 0.6) is 11.5 Å². The fourth-order valence-electron chi connectivity index (χ4n) is 4.26. The zero-order chi connectivity index (χ0) is 24.9. The van der Waals surface area contributed by atoms with Crippen molar-refractivity contribution in [3.8, 4) is 11.5 Å². The Bertz CT molecular complexity index is 1140. The highest BCUT2D eigenvalue weighted by molar-refractivity contribution is 5.95. The first-order valence-corrected chi connectivity index (χ1v) is 11.6. The van der Waals surface area contributed by atoms with Crippen molar-refractivity contribution in [2.45, 2.75) is 37.8 Å². The van der Waals surface area contributed by atoms with E-state index in [1.54, 1.807) is 49.5 Å². The summed E-state index contributed by atoms with van der Waals surface area (Å²) in [4.78, 5) is 39.3. The third kappa shape index (κ3) is 5.65. The Morgan fingerprint density at radius 2 is 1.71 bits per heavy atom. The molecule has 1 unspecified atom stereocenters. The number of esters is 1. The van der Waals surface area contributed by atoms with Crippen LogP contribution in [-0.4, -0.2) is 56.6 Å². The van der Waals surface area contributed by atoms with Crippen molar-refractivity contribution in [2.24, 2.45) is 0 Å². The number of carbonyl (C=O) groups excluding carboxylic acids is 3. The predicted molar refractivity (Wildman–Crippen MR) is 130 cm³/mol. The number of rotatable bonds is 8. The van der Waals surface area contributed by atoms with Crippen molar-refractivity contribution in [1.82, 2.24) is 10.2 Å². The van der Waals surface area contributed by atoms with E-state index in [0.29, 0.717) is 36.1 Å². The van der Waals surface area contributed by atoms with Gasteiger partial charge >= 0.3 is 5.97 Å². The maximum Gasteiger partial charge on any atom is 0.307 e. The average Bonchev–Trinajstić information content (AvgIpc) is 3.70. The molecule has 1 aliphatic heterocycles. The number of carbonyl (C=O) groups is 3. The lowest BCUT2D eigenvalue weighted by Gasteiger charge is -2.36. The summed E-state index contributed by atoms with van der Waals surface area (Å²) in [5.74, 6) is 0.451. The van der Waals surface area contributed by atoms with E-state index in [2.05, 4.69) is 5.32 Å². The van der Waals surface area contributed by atoms with E-state index in [1.165, 1.54) is 13.2 Å². The first-order valence-electron chi connectivity index (χ1n) is 11.6. The Morgan fingerprint density at radius 1 is 1.03 bits per heavy atom. The van der Waals surface area contributed by atoms with E-state index < -0.39 is 12.0 Å². The van der Waals surface area contributed by atoms with Gasteiger partial charge in [-0.05, 0) is 66.3 Å². The van der Waals surface area contributed by atoms with Crippen molar-refractivity contribution < 1.29 is 28.6 Å². The standard InChI is InChI=1S/C27H30N2O6/c1-33-23-14-19-12-13-29(22(16-26(31)35-3)21(19)15-24(23)34-2)25(30)11-6-17-4-7-18(8-5-17)27(32)28-20-9-10-20/h4-8,11,14-15,20,22H,9-10,12-13,16H2,1-3H3,(H,28,32)/b11-6+. The molecule has 4 rings (SSSR count). The molecule has 35 heavy (non-hydrogen) atoms. The van der Waals surface area contributed by atoms with Crippen molar-refractivity contribution >= 4 is 23.9 Å². The third-order valence-electron chi connectivity index (χ3n) is 6.38. The van der Waals surface area contributed by atoms with Gasteiger partial charge in [0.05, 0.1) is 33.8 Å². The number of nitrogens with zero attached hydrogens (tertiary/aromatic N) is 1. The molecule has 8 heteroatoms. The van der Waals surface area contributed by atoms with Crippen LogP contribution in [0.4, 0.5) is 0 Å². The molecule has 1 fully saturated rings. The molecule has 2 aromatic carbocycles. The molecule has 1 N–H and O–H groups in total. The minimum absolute atomic E-state index is 0.0311. The predicted octanol–water partition coefficient (Wildman–Crippen LogP) is 3.30. The molecule has 0 bridgehead atoms. The lowest BCUT2D eigenvalue weighted by Crippen LogP contribution is -2.40. The zero-order valence-corrected chi connectivity index (χ0v) is 20.2. The second-order valence-electron chi connectivity index (χ2n) is 8.69. The van der Waals surface area contributed by atoms with Gasteiger partial charge in [0.15, 0.2) is 11.5 Å². The molecule has 1 atom stereocenters. The van der Waals surface area contributed by atoms with Gasteiger partial charge in [0.2, 0.25) is 5.91 Å². The van der Waals surface area contributed by atoms with Gasteiger partial charge in [-0.3, -0.25) is 14.4 Å². The van der Waals surface area contributed by atoms with Crippen molar-refractivity contribution in [3.63, 3.8) is 0 Å². The molecular weight excluding hydrogens is 448 g/mol. The number of nitrogens with one attached hydrogen (secondary N) is 1. The minimum atomic E-state index is -0.489. The molecule has 2 amide bonds. The molecule has 8 nitrogen and oxygen atoms in total. The first-order chi connectivity index (χ1) is 16.9. The van der Waals surface area contributed by atoms with E-state index in [4.69, 9.17) is 14.2 Å². The number of benzene rings is 2. The molecule has 184 valence electrons. The van der Waals surface area contributed by atoms with E-state index in [-0.39, 0.29) is 18.2 Å². The number of ether oxygens (including phenoxy) is 3. The van der Waals surface area contributed by atoms with E-state index in [9.17, 15) is 14.4 Å². The Labute approximate surface area is 204 Å². The van der Waals surface area contributed by atoms with Crippen LogP contribution in [0.25, 0.3) is 6.08 Å². The van der Waals surface area contributed by atoms with Crippen LogP contribution in [0.1, 0.15) is 52.4 Å². The van der Waals surface area contributed by atoms with Crippen LogP contribution in [0.3, 0.4) is 0 Å². The van der Waals surface area contributed by atoms with Gasteiger partial charge < -0.3 is 24.4 Å². The Morgan fingerprint density at radius 3 is 2.34 bits per heavy atom. The number of hydrogen-bond acceptors (Lipinski definition) is 6. The van der Waals surface area contributed by atoms with Crippen molar-refractivity contribution in [1.29, 1.82) is 0 Å². The number of fused-ring (bicyclic) bond motifs is 1. The van der Waals surface area contributed by atoms with Gasteiger partial charge in [0, 0.05) is 24.2 Å². The second kappa shape index (κ2) is 10.6. The summed E-state index contributed by atoms with van der Waals surface area (Å²) in [5.41, 5.74) is 3.24. The number of methoxy groups -OCH3 is 3. The second-order valence-corrected chi connectivity index (χ2v) is 8.69. The fourth-order valence-corrected chi connectivity index (χ4v) is 4.26. The molecule has 0 aromatic heterocycles.